The number of rotatable bonds is 2. The third-order valence-electron chi connectivity index (χ3n) is 1.20. The molecule has 1 heterocycles. The quantitative estimate of drug-likeness (QED) is 0.410. The van der Waals surface area contributed by atoms with Gasteiger partial charge in [0, 0.05) is 13.2 Å². The van der Waals surface area contributed by atoms with Gasteiger partial charge < -0.3 is 4.57 Å². The predicted octanol–water partition coefficient (Wildman–Crippen LogP) is -0.617. The standard InChI is InChI=1S/C5H10N4/c1-9-4-7-2-5(9)3-8-6/h2,4,8H,3,6H2,1H3. The van der Waals surface area contributed by atoms with E-state index in [9.17, 15) is 0 Å². The predicted molar refractivity (Wildman–Crippen MR) is 34.2 cm³/mol. The third-order valence-corrected chi connectivity index (χ3v) is 1.20. The molecule has 0 atom stereocenters. The number of nitrogens with one attached hydrogen (secondary N) is 1. The van der Waals surface area contributed by atoms with Gasteiger partial charge in [0.15, 0.2) is 0 Å². The van der Waals surface area contributed by atoms with Crippen molar-refractivity contribution >= 4 is 0 Å². The van der Waals surface area contributed by atoms with Crippen LogP contribution in [0.2, 0.25) is 0 Å². The molecule has 0 unspecified atom stereocenters. The molecular weight excluding hydrogens is 116 g/mol. The summed E-state index contributed by atoms with van der Waals surface area (Å²) < 4.78 is 1.92. The van der Waals surface area contributed by atoms with Gasteiger partial charge >= 0.3 is 0 Å². The first-order valence-corrected chi connectivity index (χ1v) is 2.73. The average molecular weight is 126 g/mol. The summed E-state index contributed by atoms with van der Waals surface area (Å²) in [5.41, 5.74) is 3.63. The first kappa shape index (κ1) is 6.25. The van der Waals surface area contributed by atoms with E-state index in [0.29, 0.717) is 6.54 Å². The minimum Gasteiger partial charge on any atom is -0.337 e. The lowest BCUT2D eigenvalue weighted by atomic mass is 10.5. The summed E-state index contributed by atoms with van der Waals surface area (Å²) in [6.07, 6.45) is 3.52. The van der Waals surface area contributed by atoms with Gasteiger partial charge in [-0.1, -0.05) is 0 Å². The molecule has 3 N–H and O–H groups in total. The lowest BCUT2D eigenvalue weighted by Gasteiger charge is -1.97. The molecule has 50 valence electrons. The van der Waals surface area contributed by atoms with Crippen LogP contribution >= 0.6 is 0 Å². The van der Waals surface area contributed by atoms with Crippen LogP contribution in [0.25, 0.3) is 0 Å². The SMILES string of the molecule is Cn1cncc1CNN. The minimum absolute atomic E-state index is 0.663. The van der Waals surface area contributed by atoms with Crippen molar-refractivity contribution in [2.24, 2.45) is 12.9 Å². The molecule has 1 aromatic rings. The molecule has 0 aliphatic rings. The van der Waals surface area contributed by atoms with E-state index in [-0.39, 0.29) is 0 Å². The van der Waals surface area contributed by atoms with Crippen molar-refractivity contribution in [2.75, 3.05) is 0 Å². The highest BCUT2D eigenvalue weighted by Crippen LogP contribution is 1.92. The zero-order valence-corrected chi connectivity index (χ0v) is 5.33. The highest BCUT2D eigenvalue weighted by atomic mass is 15.2. The second-order valence-electron chi connectivity index (χ2n) is 1.88. The zero-order chi connectivity index (χ0) is 6.69. The van der Waals surface area contributed by atoms with Crippen molar-refractivity contribution in [1.29, 1.82) is 0 Å². The monoisotopic (exact) mass is 126 g/mol. The zero-order valence-electron chi connectivity index (χ0n) is 5.33. The van der Waals surface area contributed by atoms with E-state index >= 15 is 0 Å². The summed E-state index contributed by atoms with van der Waals surface area (Å²) in [6, 6.07) is 0. The van der Waals surface area contributed by atoms with Gasteiger partial charge in [-0.3, -0.25) is 11.3 Å². The van der Waals surface area contributed by atoms with Crippen molar-refractivity contribution < 1.29 is 0 Å². The maximum absolute atomic E-state index is 5.10. The maximum atomic E-state index is 5.10. The molecule has 4 nitrogen and oxygen atoms in total. The number of hydrazine groups is 1. The molecule has 9 heavy (non-hydrogen) atoms. The fourth-order valence-electron chi connectivity index (χ4n) is 0.660. The fourth-order valence-corrected chi connectivity index (χ4v) is 0.660. The van der Waals surface area contributed by atoms with Crippen LogP contribution in [0.15, 0.2) is 12.5 Å². The van der Waals surface area contributed by atoms with Gasteiger partial charge in [-0.2, -0.15) is 0 Å². The Balaban J connectivity index is 2.69. The molecule has 0 aliphatic carbocycles. The summed E-state index contributed by atoms with van der Waals surface area (Å²) in [5, 5.41) is 0. The second-order valence-corrected chi connectivity index (χ2v) is 1.88. The Kier molecular flexibility index (Phi) is 1.81. The largest absolute Gasteiger partial charge is 0.337 e. The lowest BCUT2D eigenvalue weighted by Crippen LogP contribution is -2.22. The fraction of sp³-hybridized carbons (Fsp3) is 0.400. The molecular formula is C5H10N4. The summed E-state index contributed by atoms with van der Waals surface area (Å²) in [6.45, 7) is 0.663. The van der Waals surface area contributed by atoms with Crippen LogP contribution in [0, 0.1) is 0 Å². The van der Waals surface area contributed by atoms with E-state index in [1.807, 2.05) is 11.6 Å². The van der Waals surface area contributed by atoms with E-state index in [0.717, 1.165) is 5.69 Å². The average Bonchev–Trinajstić information content (AvgIpc) is 2.18. The van der Waals surface area contributed by atoms with E-state index in [2.05, 4.69) is 10.4 Å². The molecule has 1 aromatic heterocycles. The molecule has 0 bridgehead atoms. The molecule has 0 fully saturated rings. The smallest absolute Gasteiger partial charge is 0.0945 e. The summed E-state index contributed by atoms with van der Waals surface area (Å²) >= 11 is 0. The molecule has 4 heteroatoms. The lowest BCUT2D eigenvalue weighted by molar-refractivity contribution is 0.688. The number of hydrogen-bond donors (Lipinski definition) is 2. The minimum atomic E-state index is 0.663. The molecule has 0 radical (unpaired) electrons. The number of imidazole rings is 1. The Morgan fingerprint density at radius 2 is 2.67 bits per heavy atom. The molecule has 0 aromatic carbocycles. The number of hydrogen-bond acceptors (Lipinski definition) is 3. The number of nitrogens with two attached hydrogens (primary N) is 1. The van der Waals surface area contributed by atoms with Crippen LogP contribution in [-0.2, 0) is 13.6 Å². The third kappa shape index (κ3) is 1.28. The molecule has 0 saturated carbocycles. The van der Waals surface area contributed by atoms with Gasteiger partial charge in [0.1, 0.15) is 0 Å². The van der Waals surface area contributed by atoms with Crippen molar-refractivity contribution in [3.63, 3.8) is 0 Å². The second kappa shape index (κ2) is 2.61. The van der Waals surface area contributed by atoms with Crippen LogP contribution in [0.3, 0.4) is 0 Å². The van der Waals surface area contributed by atoms with E-state index < -0.39 is 0 Å². The van der Waals surface area contributed by atoms with Crippen LogP contribution in [0.5, 0.6) is 0 Å². The summed E-state index contributed by atoms with van der Waals surface area (Å²) in [7, 11) is 1.93. The number of aromatic nitrogens is 2. The van der Waals surface area contributed by atoms with Crippen molar-refractivity contribution in [2.45, 2.75) is 6.54 Å². The molecule has 0 amide bonds. The maximum Gasteiger partial charge on any atom is 0.0945 e. The normalized spacial score (nSPS) is 10.0. The van der Waals surface area contributed by atoms with Crippen molar-refractivity contribution in [1.82, 2.24) is 15.0 Å². The van der Waals surface area contributed by atoms with Gasteiger partial charge in [-0.05, 0) is 0 Å². The Morgan fingerprint density at radius 3 is 3.11 bits per heavy atom. The topological polar surface area (TPSA) is 55.9 Å². The Hall–Kier alpha value is -0.870. The van der Waals surface area contributed by atoms with Crippen LogP contribution < -0.4 is 11.3 Å². The first-order chi connectivity index (χ1) is 4.34. The number of aryl methyl sites for hydroxylation is 1. The summed E-state index contributed by atoms with van der Waals surface area (Å²) in [5.74, 6) is 5.10. The molecule has 0 aliphatic heterocycles. The molecule has 0 spiro atoms. The van der Waals surface area contributed by atoms with Gasteiger partial charge in [0.2, 0.25) is 0 Å². The molecule has 0 saturated heterocycles. The Labute approximate surface area is 53.7 Å². The Bertz CT molecular complexity index is 181. The van der Waals surface area contributed by atoms with Crippen LogP contribution in [0.4, 0.5) is 0 Å². The first-order valence-electron chi connectivity index (χ1n) is 2.73. The van der Waals surface area contributed by atoms with Crippen molar-refractivity contribution in [3.05, 3.63) is 18.2 Å². The van der Waals surface area contributed by atoms with Crippen LogP contribution in [-0.4, -0.2) is 9.55 Å². The van der Waals surface area contributed by atoms with Crippen molar-refractivity contribution in [3.8, 4) is 0 Å². The highest BCUT2D eigenvalue weighted by molar-refractivity contribution is 4.95. The summed E-state index contributed by atoms with van der Waals surface area (Å²) in [4.78, 5) is 3.91. The van der Waals surface area contributed by atoms with E-state index in [1.165, 1.54) is 0 Å². The van der Waals surface area contributed by atoms with Gasteiger partial charge in [-0.15, -0.1) is 0 Å². The van der Waals surface area contributed by atoms with E-state index in [1.54, 1.807) is 12.5 Å². The van der Waals surface area contributed by atoms with Gasteiger partial charge in [0.25, 0.3) is 0 Å². The van der Waals surface area contributed by atoms with E-state index in [4.69, 9.17) is 5.84 Å². The highest BCUT2D eigenvalue weighted by Gasteiger charge is 1.92. The van der Waals surface area contributed by atoms with Gasteiger partial charge in [0.05, 0.1) is 18.6 Å². The molecule has 1 rings (SSSR count). The van der Waals surface area contributed by atoms with Gasteiger partial charge in [-0.25, -0.2) is 4.98 Å². The number of nitrogens with zero attached hydrogens (tertiary/aromatic N) is 2. The Morgan fingerprint density at radius 1 is 1.89 bits per heavy atom. The van der Waals surface area contributed by atoms with Crippen LogP contribution in [0.1, 0.15) is 5.69 Å².